The second kappa shape index (κ2) is 6.39. The Bertz CT molecular complexity index is 561. The molecule has 0 saturated heterocycles. The second-order valence-corrected chi connectivity index (χ2v) is 5.22. The topological polar surface area (TPSA) is 54.3 Å². The number of rotatable bonds is 5. The molecule has 1 aromatic carbocycles. The van der Waals surface area contributed by atoms with Gasteiger partial charge in [0.15, 0.2) is 0 Å². The SMILES string of the molecule is CC(C)C(O)c1ccn(CC(=O)Nc2ccccc2)c1. The van der Waals surface area contributed by atoms with Crippen molar-refractivity contribution in [3.05, 3.63) is 54.4 Å². The highest BCUT2D eigenvalue weighted by Crippen LogP contribution is 2.21. The van der Waals surface area contributed by atoms with Crippen LogP contribution in [0.15, 0.2) is 48.8 Å². The van der Waals surface area contributed by atoms with Crippen LogP contribution in [0.1, 0.15) is 25.5 Å². The molecule has 2 rings (SSSR count). The number of carbonyl (C=O) groups is 1. The molecular formula is C16H20N2O2. The Hall–Kier alpha value is -2.07. The van der Waals surface area contributed by atoms with Gasteiger partial charge in [0.05, 0.1) is 6.10 Å². The number of aromatic nitrogens is 1. The highest BCUT2D eigenvalue weighted by Gasteiger charge is 2.13. The van der Waals surface area contributed by atoms with Gasteiger partial charge in [0.25, 0.3) is 0 Å². The van der Waals surface area contributed by atoms with E-state index in [1.165, 1.54) is 0 Å². The molecule has 0 aliphatic carbocycles. The number of nitrogens with one attached hydrogen (secondary N) is 1. The minimum Gasteiger partial charge on any atom is -0.388 e. The first-order chi connectivity index (χ1) is 9.56. The van der Waals surface area contributed by atoms with Crippen molar-refractivity contribution in [1.29, 1.82) is 0 Å². The van der Waals surface area contributed by atoms with E-state index in [-0.39, 0.29) is 18.4 Å². The van der Waals surface area contributed by atoms with Crippen molar-refractivity contribution >= 4 is 11.6 Å². The zero-order valence-electron chi connectivity index (χ0n) is 11.8. The number of nitrogens with zero attached hydrogens (tertiary/aromatic N) is 1. The van der Waals surface area contributed by atoms with Crippen LogP contribution >= 0.6 is 0 Å². The molecule has 0 fully saturated rings. The zero-order chi connectivity index (χ0) is 14.5. The van der Waals surface area contributed by atoms with E-state index in [1.807, 2.05) is 62.6 Å². The lowest BCUT2D eigenvalue weighted by molar-refractivity contribution is -0.116. The average Bonchev–Trinajstić information content (AvgIpc) is 2.87. The summed E-state index contributed by atoms with van der Waals surface area (Å²) in [5.74, 6) is 0.0707. The van der Waals surface area contributed by atoms with E-state index >= 15 is 0 Å². The normalized spacial score (nSPS) is 12.4. The fraction of sp³-hybridized carbons (Fsp3) is 0.312. The van der Waals surface area contributed by atoms with Gasteiger partial charge in [-0.1, -0.05) is 32.0 Å². The molecule has 2 aromatic rings. The molecule has 1 amide bonds. The van der Waals surface area contributed by atoms with E-state index in [2.05, 4.69) is 5.32 Å². The van der Waals surface area contributed by atoms with Crippen molar-refractivity contribution in [1.82, 2.24) is 4.57 Å². The summed E-state index contributed by atoms with van der Waals surface area (Å²) in [4.78, 5) is 11.9. The standard InChI is InChI=1S/C16H20N2O2/c1-12(2)16(20)13-8-9-18(10-13)11-15(19)17-14-6-4-3-5-7-14/h3-10,12,16,20H,11H2,1-2H3,(H,17,19). The fourth-order valence-electron chi connectivity index (χ4n) is 2.01. The molecule has 4 nitrogen and oxygen atoms in total. The molecular weight excluding hydrogens is 252 g/mol. The van der Waals surface area contributed by atoms with E-state index in [0.29, 0.717) is 0 Å². The number of anilines is 1. The predicted molar refractivity (Wildman–Crippen MR) is 79.3 cm³/mol. The predicted octanol–water partition coefficient (Wildman–Crippen LogP) is 2.82. The smallest absolute Gasteiger partial charge is 0.244 e. The van der Waals surface area contributed by atoms with Gasteiger partial charge in [0, 0.05) is 18.1 Å². The van der Waals surface area contributed by atoms with Crippen LogP contribution in [0.25, 0.3) is 0 Å². The largest absolute Gasteiger partial charge is 0.388 e. The lowest BCUT2D eigenvalue weighted by Crippen LogP contribution is -2.17. The van der Waals surface area contributed by atoms with E-state index in [1.54, 1.807) is 4.57 Å². The first-order valence-corrected chi connectivity index (χ1v) is 6.75. The minimum atomic E-state index is -0.492. The van der Waals surface area contributed by atoms with Gasteiger partial charge in [-0.15, -0.1) is 0 Å². The molecule has 1 atom stereocenters. The molecule has 0 aliphatic heterocycles. The number of carbonyl (C=O) groups excluding carboxylic acids is 1. The Morgan fingerprint density at radius 3 is 2.60 bits per heavy atom. The van der Waals surface area contributed by atoms with Crippen LogP contribution in [0.2, 0.25) is 0 Å². The van der Waals surface area contributed by atoms with Gasteiger partial charge in [0.2, 0.25) is 5.91 Å². The molecule has 0 radical (unpaired) electrons. The van der Waals surface area contributed by atoms with Crippen molar-refractivity contribution in [3.63, 3.8) is 0 Å². The summed E-state index contributed by atoms with van der Waals surface area (Å²) in [7, 11) is 0. The highest BCUT2D eigenvalue weighted by atomic mass is 16.3. The van der Waals surface area contributed by atoms with Gasteiger partial charge in [-0.3, -0.25) is 4.79 Å². The van der Waals surface area contributed by atoms with Gasteiger partial charge in [-0.05, 0) is 29.7 Å². The number of aliphatic hydroxyl groups is 1. The van der Waals surface area contributed by atoms with E-state index in [0.717, 1.165) is 11.3 Å². The first-order valence-electron chi connectivity index (χ1n) is 6.75. The molecule has 0 bridgehead atoms. The van der Waals surface area contributed by atoms with Crippen molar-refractivity contribution in [2.45, 2.75) is 26.5 Å². The molecule has 0 saturated carbocycles. The highest BCUT2D eigenvalue weighted by molar-refractivity contribution is 5.90. The van der Waals surface area contributed by atoms with Crippen LogP contribution in [0.4, 0.5) is 5.69 Å². The third-order valence-corrected chi connectivity index (χ3v) is 3.13. The van der Waals surface area contributed by atoms with E-state index < -0.39 is 6.10 Å². The fourth-order valence-corrected chi connectivity index (χ4v) is 2.01. The summed E-state index contributed by atoms with van der Waals surface area (Å²) >= 11 is 0. The van der Waals surface area contributed by atoms with Crippen LogP contribution in [0.5, 0.6) is 0 Å². The Kier molecular flexibility index (Phi) is 4.58. The van der Waals surface area contributed by atoms with Crippen molar-refractivity contribution < 1.29 is 9.90 Å². The second-order valence-electron chi connectivity index (χ2n) is 5.22. The van der Waals surface area contributed by atoms with Crippen LogP contribution in [0, 0.1) is 5.92 Å². The molecule has 1 aromatic heterocycles. The number of aliphatic hydroxyl groups excluding tert-OH is 1. The lowest BCUT2D eigenvalue weighted by atomic mass is 10.0. The van der Waals surface area contributed by atoms with Gasteiger partial charge in [-0.2, -0.15) is 0 Å². The molecule has 1 heterocycles. The number of amides is 1. The third-order valence-electron chi connectivity index (χ3n) is 3.13. The summed E-state index contributed by atoms with van der Waals surface area (Å²) in [5.41, 5.74) is 1.62. The quantitative estimate of drug-likeness (QED) is 0.879. The van der Waals surface area contributed by atoms with Crippen molar-refractivity contribution in [2.75, 3.05) is 5.32 Å². The summed E-state index contributed by atoms with van der Waals surface area (Å²) < 4.78 is 1.78. The average molecular weight is 272 g/mol. The van der Waals surface area contributed by atoms with Gasteiger partial charge in [-0.25, -0.2) is 0 Å². The van der Waals surface area contributed by atoms with Gasteiger partial charge < -0.3 is 15.0 Å². The van der Waals surface area contributed by atoms with E-state index in [9.17, 15) is 9.90 Å². The minimum absolute atomic E-state index is 0.0858. The Balaban J connectivity index is 1.95. The number of hydrogen-bond acceptors (Lipinski definition) is 2. The Labute approximate surface area is 119 Å². The molecule has 2 N–H and O–H groups in total. The van der Waals surface area contributed by atoms with Crippen molar-refractivity contribution in [2.24, 2.45) is 5.92 Å². The van der Waals surface area contributed by atoms with Gasteiger partial charge >= 0.3 is 0 Å². The zero-order valence-corrected chi connectivity index (χ0v) is 11.8. The number of hydrogen-bond donors (Lipinski definition) is 2. The summed E-state index contributed by atoms with van der Waals surface area (Å²) in [6.07, 6.45) is 3.13. The van der Waals surface area contributed by atoms with Crippen molar-refractivity contribution in [3.8, 4) is 0 Å². The maximum absolute atomic E-state index is 11.9. The maximum atomic E-state index is 11.9. The maximum Gasteiger partial charge on any atom is 0.244 e. The Morgan fingerprint density at radius 2 is 1.95 bits per heavy atom. The van der Waals surface area contributed by atoms with Crippen LogP contribution in [-0.2, 0) is 11.3 Å². The van der Waals surface area contributed by atoms with E-state index in [4.69, 9.17) is 0 Å². The lowest BCUT2D eigenvalue weighted by Gasteiger charge is -2.12. The summed E-state index contributed by atoms with van der Waals surface area (Å²) in [6, 6.07) is 11.2. The molecule has 0 aliphatic rings. The van der Waals surface area contributed by atoms with Crippen LogP contribution in [-0.4, -0.2) is 15.6 Å². The third kappa shape index (κ3) is 3.71. The molecule has 0 spiro atoms. The summed E-state index contributed by atoms with van der Waals surface area (Å²) in [6.45, 7) is 4.16. The number of benzene rings is 1. The monoisotopic (exact) mass is 272 g/mol. The summed E-state index contributed by atoms with van der Waals surface area (Å²) in [5, 5.41) is 12.8. The molecule has 20 heavy (non-hydrogen) atoms. The number of para-hydroxylation sites is 1. The Morgan fingerprint density at radius 1 is 1.25 bits per heavy atom. The first kappa shape index (κ1) is 14.3. The van der Waals surface area contributed by atoms with Gasteiger partial charge in [0.1, 0.15) is 6.54 Å². The van der Waals surface area contributed by atoms with Crippen LogP contribution < -0.4 is 5.32 Å². The molecule has 4 heteroatoms. The molecule has 1 unspecified atom stereocenters. The molecule has 106 valence electrons. The van der Waals surface area contributed by atoms with Crippen LogP contribution in [0.3, 0.4) is 0 Å².